The van der Waals surface area contributed by atoms with Crippen molar-refractivity contribution >= 4 is 27.3 Å². The van der Waals surface area contributed by atoms with Gasteiger partial charge in [-0.3, -0.25) is 4.40 Å². The molecule has 0 aliphatic rings. The third kappa shape index (κ3) is 2.85. The van der Waals surface area contributed by atoms with Crippen molar-refractivity contribution in [3.05, 3.63) is 52.4 Å². The van der Waals surface area contributed by atoms with Crippen LogP contribution < -0.4 is 10.5 Å². The summed E-state index contributed by atoms with van der Waals surface area (Å²) < 4.78 is 8.26. The highest BCUT2D eigenvalue weighted by Crippen LogP contribution is 2.21. The minimum atomic E-state index is 0.606. The van der Waals surface area contributed by atoms with Gasteiger partial charge in [-0.2, -0.15) is 0 Å². The summed E-state index contributed by atoms with van der Waals surface area (Å²) in [4.78, 5) is 0. The topological polar surface area (TPSA) is 65.4 Å². The molecule has 0 atom stereocenters. The molecule has 1 aromatic carbocycles. The molecule has 3 aromatic rings. The van der Waals surface area contributed by atoms with E-state index in [0.29, 0.717) is 24.4 Å². The molecule has 0 amide bonds. The molecule has 0 saturated heterocycles. The Morgan fingerprint density at radius 3 is 2.71 bits per heavy atom. The fourth-order valence-corrected chi connectivity index (χ4v) is 2.65. The van der Waals surface area contributed by atoms with E-state index >= 15 is 0 Å². The van der Waals surface area contributed by atoms with Gasteiger partial charge in [0, 0.05) is 17.1 Å². The second-order valence-electron chi connectivity index (χ2n) is 4.68. The number of fused-ring (bicyclic) bond motifs is 1. The molecule has 0 aliphatic carbocycles. The second-order valence-corrected chi connectivity index (χ2v) is 5.59. The molecule has 0 aliphatic heterocycles. The number of hydrogen-bond acceptors (Lipinski definition) is 4. The minimum Gasteiger partial charge on any atom is -0.494 e. The Morgan fingerprint density at radius 1 is 1.24 bits per heavy atom. The van der Waals surface area contributed by atoms with Crippen molar-refractivity contribution in [1.82, 2.24) is 14.6 Å². The lowest BCUT2D eigenvalue weighted by Gasteiger charge is -2.05. The molecule has 0 spiro atoms. The maximum absolute atomic E-state index is 5.95. The van der Waals surface area contributed by atoms with Crippen LogP contribution in [0.25, 0.3) is 5.65 Å². The van der Waals surface area contributed by atoms with E-state index in [0.717, 1.165) is 21.6 Å². The van der Waals surface area contributed by atoms with Crippen LogP contribution in [-0.2, 0) is 6.42 Å². The van der Waals surface area contributed by atoms with Gasteiger partial charge in [0.05, 0.1) is 12.3 Å². The van der Waals surface area contributed by atoms with Crippen molar-refractivity contribution < 1.29 is 4.74 Å². The number of benzene rings is 1. The Kier molecular flexibility index (Phi) is 3.79. The first-order valence-corrected chi connectivity index (χ1v) is 7.47. The summed E-state index contributed by atoms with van der Waals surface area (Å²) in [6.45, 7) is 2.64. The van der Waals surface area contributed by atoms with Gasteiger partial charge in [0.1, 0.15) is 11.6 Å². The zero-order chi connectivity index (χ0) is 14.8. The predicted molar refractivity (Wildman–Crippen MR) is 85.5 cm³/mol. The summed E-state index contributed by atoms with van der Waals surface area (Å²) in [6.07, 6.45) is 2.61. The zero-order valence-electron chi connectivity index (χ0n) is 11.6. The summed E-state index contributed by atoms with van der Waals surface area (Å²) >= 11 is 3.44. The molecule has 2 aromatic heterocycles. The molecule has 6 heteroatoms. The molecule has 0 fully saturated rings. The minimum absolute atomic E-state index is 0.606. The van der Waals surface area contributed by atoms with Crippen LogP contribution >= 0.6 is 15.9 Å². The normalized spacial score (nSPS) is 11.0. The number of nitrogen functional groups attached to an aromatic ring is 1. The second kappa shape index (κ2) is 5.73. The number of rotatable bonds is 4. The van der Waals surface area contributed by atoms with Gasteiger partial charge in [0.25, 0.3) is 0 Å². The van der Waals surface area contributed by atoms with Crippen molar-refractivity contribution in [2.24, 2.45) is 0 Å². The van der Waals surface area contributed by atoms with Gasteiger partial charge >= 0.3 is 0 Å². The van der Waals surface area contributed by atoms with E-state index in [1.165, 1.54) is 0 Å². The number of nitrogens with zero attached hydrogens (tertiary/aromatic N) is 3. The van der Waals surface area contributed by atoms with Gasteiger partial charge in [-0.05, 0) is 46.6 Å². The Bertz CT molecular complexity index is 767. The van der Waals surface area contributed by atoms with Crippen LogP contribution in [0.1, 0.15) is 18.3 Å². The Morgan fingerprint density at radius 2 is 2.00 bits per heavy atom. The smallest absolute Gasteiger partial charge is 0.184 e. The average Bonchev–Trinajstić information content (AvgIpc) is 2.85. The highest BCUT2D eigenvalue weighted by molar-refractivity contribution is 9.10. The van der Waals surface area contributed by atoms with Crippen molar-refractivity contribution in [2.45, 2.75) is 13.3 Å². The van der Waals surface area contributed by atoms with Gasteiger partial charge < -0.3 is 10.5 Å². The van der Waals surface area contributed by atoms with E-state index in [4.69, 9.17) is 10.5 Å². The van der Waals surface area contributed by atoms with E-state index in [1.54, 1.807) is 0 Å². The summed E-state index contributed by atoms with van der Waals surface area (Å²) in [5.41, 5.74) is 8.38. The quantitative estimate of drug-likeness (QED) is 0.788. The van der Waals surface area contributed by atoms with Crippen LogP contribution in [0.3, 0.4) is 0 Å². The molecule has 0 saturated carbocycles. The molecule has 0 unspecified atom stereocenters. The molecular formula is C15H15BrN4O. The summed E-state index contributed by atoms with van der Waals surface area (Å²) in [5, 5.41) is 8.38. The van der Waals surface area contributed by atoms with Crippen LogP contribution in [0, 0.1) is 0 Å². The molecule has 3 rings (SSSR count). The van der Waals surface area contributed by atoms with Crippen LogP contribution in [0.15, 0.2) is 41.0 Å². The van der Waals surface area contributed by atoms with Crippen LogP contribution in [-0.4, -0.2) is 21.2 Å². The van der Waals surface area contributed by atoms with Crippen LogP contribution in [0.2, 0.25) is 0 Å². The first-order valence-electron chi connectivity index (χ1n) is 6.67. The van der Waals surface area contributed by atoms with Crippen molar-refractivity contribution in [3.8, 4) is 5.75 Å². The van der Waals surface area contributed by atoms with Gasteiger partial charge in [-0.1, -0.05) is 12.1 Å². The van der Waals surface area contributed by atoms with E-state index in [9.17, 15) is 0 Å². The van der Waals surface area contributed by atoms with Crippen LogP contribution in [0.4, 0.5) is 5.69 Å². The van der Waals surface area contributed by atoms with Crippen LogP contribution in [0.5, 0.6) is 5.75 Å². The predicted octanol–water partition coefficient (Wildman–Crippen LogP) is 3.06. The standard InChI is InChI=1S/C15H15BrN4O/c1-2-21-12-5-3-10(4-6-12)7-14-18-19-15-13(17)8-11(16)9-20(14)15/h3-6,8-9H,2,7,17H2,1H3. The fourth-order valence-electron chi connectivity index (χ4n) is 2.20. The summed E-state index contributed by atoms with van der Waals surface area (Å²) in [7, 11) is 0. The molecule has 0 bridgehead atoms. The van der Waals surface area contributed by atoms with Gasteiger partial charge in [-0.25, -0.2) is 0 Å². The highest BCUT2D eigenvalue weighted by atomic mass is 79.9. The van der Waals surface area contributed by atoms with E-state index in [1.807, 2.05) is 47.9 Å². The molecule has 5 nitrogen and oxygen atoms in total. The van der Waals surface area contributed by atoms with Crippen molar-refractivity contribution in [1.29, 1.82) is 0 Å². The average molecular weight is 347 g/mol. The van der Waals surface area contributed by atoms with E-state index < -0.39 is 0 Å². The summed E-state index contributed by atoms with van der Waals surface area (Å²) in [6, 6.07) is 9.82. The molecule has 2 heterocycles. The lowest BCUT2D eigenvalue weighted by atomic mass is 10.1. The Hall–Kier alpha value is -2.08. The SMILES string of the molecule is CCOc1ccc(Cc2nnc3c(N)cc(Br)cn23)cc1. The lowest BCUT2D eigenvalue weighted by Crippen LogP contribution is -1.99. The number of pyridine rings is 1. The highest BCUT2D eigenvalue weighted by Gasteiger charge is 2.10. The number of hydrogen-bond donors (Lipinski definition) is 1. The van der Waals surface area contributed by atoms with Crippen molar-refractivity contribution in [2.75, 3.05) is 12.3 Å². The number of halogens is 1. The third-order valence-corrected chi connectivity index (χ3v) is 3.60. The number of anilines is 1. The Balaban J connectivity index is 1.91. The number of aromatic nitrogens is 3. The molecule has 0 radical (unpaired) electrons. The number of ether oxygens (including phenoxy) is 1. The van der Waals surface area contributed by atoms with E-state index in [-0.39, 0.29) is 0 Å². The zero-order valence-corrected chi connectivity index (χ0v) is 13.2. The first-order chi connectivity index (χ1) is 10.2. The maximum Gasteiger partial charge on any atom is 0.184 e. The summed E-state index contributed by atoms with van der Waals surface area (Å²) in [5.74, 6) is 1.72. The molecular weight excluding hydrogens is 332 g/mol. The van der Waals surface area contributed by atoms with E-state index in [2.05, 4.69) is 26.1 Å². The molecule has 108 valence electrons. The first kappa shape index (κ1) is 13.9. The molecule has 21 heavy (non-hydrogen) atoms. The lowest BCUT2D eigenvalue weighted by molar-refractivity contribution is 0.340. The largest absolute Gasteiger partial charge is 0.494 e. The number of nitrogens with two attached hydrogens (primary N) is 1. The third-order valence-electron chi connectivity index (χ3n) is 3.17. The van der Waals surface area contributed by atoms with Gasteiger partial charge in [0.15, 0.2) is 5.65 Å². The molecule has 2 N–H and O–H groups in total. The van der Waals surface area contributed by atoms with Crippen molar-refractivity contribution in [3.63, 3.8) is 0 Å². The Labute approximate surface area is 130 Å². The van der Waals surface area contributed by atoms with Gasteiger partial charge in [-0.15, -0.1) is 10.2 Å². The maximum atomic E-state index is 5.95. The monoisotopic (exact) mass is 346 g/mol. The van der Waals surface area contributed by atoms with Gasteiger partial charge in [0.2, 0.25) is 0 Å². The fraction of sp³-hybridized carbons (Fsp3) is 0.200.